The van der Waals surface area contributed by atoms with Gasteiger partial charge in [-0.3, -0.25) is 0 Å². The van der Waals surface area contributed by atoms with E-state index in [0.29, 0.717) is 35.5 Å². The van der Waals surface area contributed by atoms with Crippen LogP contribution in [0.1, 0.15) is 51.9 Å². The van der Waals surface area contributed by atoms with Gasteiger partial charge in [0.25, 0.3) is 0 Å². The predicted molar refractivity (Wildman–Crippen MR) is 107 cm³/mol. The normalized spacial score (nSPS) is 19.5. The molecule has 0 unspecified atom stereocenters. The minimum Gasteiger partial charge on any atom is -0.493 e. The van der Waals surface area contributed by atoms with Crippen LogP contribution in [0.25, 0.3) is 11.1 Å². The summed E-state index contributed by atoms with van der Waals surface area (Å²) in [6.07, 6.45) is 8.38. The van der Waals surface area contributed by atoms with Gasteiger partial charge in [0.05, 0.1) is 12.7 Å². The van der Waals surface area contributed by atoms with Crippen LogP contribution in [-0.4, -0.2) is 19.3 Å². The first kappa shape index (κ1) is 20.8. The maximum atomic E-state index is 14.0. The maximum absolute atomic E-state index is 14.0. The molecule has 0 atom stereocenters. The summed E-state index contributed by atoms with van der Waals surface area (Å²) in [6, 6.07) is 11.9. The number of rotatable bonds is 9. The Balaban J connectivity index is 1.47. The van der Waals surface area contributed by atoms with Crippen LogP contribution in [0.2, 0.25) is 0 Å². The Bertz CT molecular complexity index is 739. The second-order valence-electron chi connectivity index (χ2n) is 7.60. The highest BCUT2D eigenvalue weighted by Crippen LogP contribution is 2.29. The van der Waals surface area contributed by atoms with Gasteiger partial charge in [-0.05, 0) is 67.9 Å². The highest BCUT2D eigenvalue weighted by atomic mass is 19.1. The summed E-state index contributed by atoms with van der Waals surface area (Å²) in [5, 5.41) is 0. The van der Waals surface area contributed by atoms with Crippen molar-refractivity contribution in [1.29, 1.82) is 0 Å². The van der Waals surface area contributed by atoms with E-state index in [0.717, 1.165) is 44.8 Å². The molecule has 151 valence electrons. The molecule has 0 bridgehead atoms. The smallest absolute Gasteiger partial charge is 0.133 e. The Morgan fingerprint density at radius 2 is 1.86 bits per heavy atom. The molecule has 0 amide bonds. The minimum absolute atomic E-state index is 0.362. The lowest BCUT2D eigenvalue weighted by atomic mass is 9.88. The number of ether oxygens (including phenoxy) is 2. The molecule has 2 aromatic rings. The zero-order valence-corrected chi connectivity index (χ0v) is 16.6. The van der Waals surface area contributed by atoms with Crippen molar-refractivity contribution in [2.45, 2.75) is 58.0 Å². The summed E-state index contributed by atoms with van der Waals surface area (Å²) in [5.41, 5.74) is 1.02. The van der Waals surface area contributed by atoms with Crippen LogP contribution < -0.4 is 4.74 Å². The first-order chi connectivity index (χ1) is 13.7. The average Bonchev–Trinajstić information content (AvgIpc) is 2.71. The molecule has 1 radical (unpaired) electrons. The molecule has 1 saturated carbocycles. The van der Waals surface area contributed by atoms with E-state index in [9.17, 15) is 8.78 Å². The zero-order chi connectivity index (χ0) is 19.8. The molecule has 2 nitrogen and oxygen atoms in total. The van der Waals surface area contributed by atoms with Crippen LogP contribution in [0, 0.1) is 23.6 Å². The summed E-state index contributed by atoms with van der Waals surface area (Å²) in [6.45, 7) is 3.71. The Morgan fingerprint density at radius 1 is 1.04 bits per heavy atom. The van der Waals surface area contributed by atoms with E-state index in [4.69, 9.17) is 9.47 Å². The molecule has 0 heterocycles. The SMILES string of the molecule is CCCCCO[C@H]1CC[C@H](COc2[c]ccc(-c3ccc(F)cc3F)c2)CC1. The number of hydrogen-bond donors (Lipinski definition) is 0. The van der Waals surface area contributed by atoms with Gasteiger partial charge in [0.1, 0.15) is 17.4 Å². The fourth-order valence-corrected chi connectivity index (χ4v) is 3.69. The topological polar surface area (TPSA) is 18.5 Å². The van der Waals surface area contributed by atoms with Gasteiger partial charge in [0.15, 0.2) is 0 Å². The van der Waals surface area contributed by atoms with Gasteiger partial charge in [-0.1, -0.05) is 25.8 Å². The van der Waals surface area contributed by atoms with E-state index in [1.54, 1.807) is 18.2 Å². The lowest BCUT2D eigenvalue weighted by Gasteiger charge is -2.28. The van der Waals surface area contributed by atoms with Crippen LogP contribution in [0.4, 0.5) is 8.78 Å². The molecule has 1 fully saturated rings. The zero-order valence-electron chi connectivity index (χ0n) is 16.6. The van der Waals surface area contributed by atoms with Gasteiger partial charge in [0.2, 0.25) is 0 Å². The highest BCUT2D eigenvalue weighted by Gasteiger charge is 2.22. The van der Waals surface area contributed by atoms with Gasteiger partial charge < -0.3 is 9.47 Å². The second kappa shape index (κ2) is 10.6. The molecule has 0 saturated heterocycles. The number of unbranched alkanes of at least 4 members (excludes halogenated alkanes) is 2. The molecule has 1 aliphatic rings. The van der Waals surface area contributed by atoms with Crippen molar-refractivity contribution in [2.75, 3.05) is 13.2 Å². The Morgan fingerprint density at radius 3 is 2.61 bits per heavy atom. The van der Waals surface area contributed by atoms with Crippen molar-refractivity contribution in [1.82, 2.24) is 0 Å². The number of benzene rings is 2. The van der Waals surface area contributed by atoms with Gasteiger partial charge in [-0.25, -0.2) is 8.78 Å². The molecule has 0 spiro atoms. The van der Waals surface area contributed by atoms with Crippen molar-refractivity contribution >= 4 is 0 Å². The van der Waals surface area contributed by atoms with Crippen molar-refractivity contribution in [2.24, 2.45) is 5.92 Å². The third kappa shape index (κ3) is 6.03. The molecule has 3 rings (SSSR count). The van der Waals surface area contributed by atoms with Gasteiger partial charge in [-0.15, -0.1) is 0 Å². The first-order valence-corrected chi connectivity index (χ1v) is 10.4. The van der Waals surface area contributed by atoms with Gasteiger partial charge >= 0.3 is 0 Å². The molecular weight excluding hydrogens is 358 g/mol. The summed E-state index contributed by atoms with van der Waals surface area (Å²) in [5.74, 6) is -0.0474. The van der Waals surface area contributed by atoms with Gasteiger partial charge in [0, 0.05) is 24.3 Å². The monoisotopic (exact) mass is 387 g/mol. The fraction of sp³-hybridized carbons (Fsp3) is 0.500. The molecule has 4 heteroatoms. The minimum atomic E-state index is -0.579. The summed E-state index contributed by atoms with van der Waals surface area (Å²) >= 11 is 0. The van der Waals surface area contributed by atoms with Crippen molar-refractivity contribution in [3.05, 3.63) is 54.1 Å². The maximum Gasteiger partial charge on any atom is 0.133 e. The van der Waals surface area contributed by atoms with Crippen molar-refractivity contribution in [3.63, 3.8) is 0 Å². The number of halogens is 2. The summed E-state index contributed by atoms with van der Waals surface area (Å²) < 4.78 is 39.0. The molecule has 0 aromatic heterocycles. The van der Waals surface area contributed by atoms with Crippen LogP contribution in [0.3, 0.4) is 0 Å². The third-order valence-corrected chi connectivity index (χ3v) is 5.39. The van der Waals surface area contributed by atoms with Crippen LogP contribution in [0.15, 0.2) is 36.4 Å². The molecule has 28 heavy (non-hydrogen) atoms. The highest BCUT2D eigenvalue weighted by molar-refractivity contribution is 5.65. The predicted octanol–water partition coefficient (Wildman–Crippen LogP) is 6.58. The van der Waals surface area contributed by atoms with E-state index in [1.807, 2.05) is 0 Å². The van der Waals surface area contributed by atoms with E-state index in [2.05, 4.69) is 13.0 Å². The lowest BCUT2D eigenvalue weighted by Crippen LogP contribution is -2.25. The Hall–Kier alpha value is -1.94. The first-order valence-electron chi connectivity index (χ1n) is 10.4. The quantitative estimate of drug-likeness (QED) is 0.453. The van der Waals surface area contributed by atoms with E-state index < -0.39 is 11.6 Å². The Kier molecular flexibility index (Phi) is 7.84. The third-order valence-electron chi connectivity index (χ3n) is 5.39. The van der Waals surface area contributed by atoms with Gasteiger partial charge in [-0.2, -0.15) is 0 Å². The van der Waals surface area contributed by atoms with Crippen LogP contribution in [0.5, 0.6) is 5.75 Å². The molecular formula is C24H29F2O2. The standard InChI is InChI=1S/C24H29F2O2/c1-2-3-4-14-27-21-11-8-18(9-12-21)17-28-22-7-5-6-19(15-22)23-13-10-20(25)16-24(23)26/h5-6,10,13,15-16,18,21H,2-4,8-9,11-12,14,17H2,1H3/t18-,21-. The van der Waals surface area contributed by atoms with E-state index >= 15 is 0 Å². The van der Waals surface area contributed by atoms with Crippen molar-refractivity contribution in [3.8, 4) is 16.9 Å². The van der Waals surface area contributed by atoms with Crippen molar-refractivity contribution < 1.29 is 18.3 Å². The molecule has 1 aliphatic carbocycles. The molecule has 0 N–H and O–H groups in total. The molecule has 0 aliphatic heterocycles. The fourth-order valence-electron chi connectivity index (χ4n) is 3.69. The number of hydrogen-bond acceptors (Lipinski definition) is 2. The van der Waals surface area contributed by atoms with Crippen LogP contribution in [-0.2, 0) is 4.74 Å². The second-order valence-corrected chi connectivity index (χ2v) is 7.60. The van der Waals surface area contributed by atoms with E-state index in [-0.39, 0.29) is 0 Å². The van der Waals surface area contributed by atoms with Crippen LogP contribution >= 0.6 is 0 Å². The average molecular weight is 387 g/mol. The lowest BCUT2D eigenvalue weighted by molar-refractivity contribution is 0.0112. The largest absolute Gasteiger partial charge is 0.493 e. The Labute approximate surface area is 166 Å². The van der Waals surface area contributed by atoms with E-state index in [1.165, 1.54) is 25.0 Å². The summed E-state index contributed by atoms with van der Waals surface area (Å²) in [4.78, 5) is 0. The molecule has 2 aromatic carbocycles. The summed E-state index contributed by atoms with van der Waals surface area (Å²) in [7, 11) is 0.